The molecular weight excluding hydrogens is 426 g/mol. The summed E-state index contributed by atoms with van der Waals surface area (Å²) in [4.78, 5) is 35.9. The molecule has 9 heteroatoms. The number of aryl methyl sites for hydroxylation is 1. The van der Waals surface area contributed by atoms with E-state index in [9.17, 15) is 9.59 Å². The Morgan fingerprint density at radius 3 is 2.78 bits per heavy atom. The highest BCUT2D eigenvalue weighted by molar-refractivity contribution is 7.22. The zero-order chi connectivity index (χ0) is 22.1. The van der Waals surface area contributed by atoms with Crippen LogP contribution in [0, 0.1) is 6.92 Å². The molecule has 1 fully saturated rings. The van der Waals surface area contributed by atoms with Crippen LogP contribution in [0.3, 0.4) is 0 Å². The third kappa shape index (κ3) is 3.95. The molecule has 0 aliphatic heterocycles. The average Bonchev–Trinajstić information content (AvgIpc) is 3.42. The number of amides is 1. The average molecular weight is 450 g/mol. The maximum Gasteiger partial charge on any atom is 0.268 e. The van der Waals surface area contributed by atoms with E-state index in [2.05, 4.69) is 20.4 Å². The molecule has 1 aromatic carbocycles. The molecule has 1 N–H and O–H groups in total. The van der Waals surface area contributed by atoms with Gasteiger partial charge in [0.15, 0.2) is 0 Å². The number of carbonyl (C=O) groups is 1. The Bertz CT molecular complexity index is 1320. The van der Waals surface area contributed by atoms with Gasteiger partial charge in [0.25, 0.3) is 11.4 Å². The topological polar surface area (TPSA) is 103 Å². The van der Waals surface area contributed by atoms with Gasteiger partial charge in [-0.2, -0.15) is 4.98 Å². The largest absolute Gasteiger partial charge is 0.352 e. The van der Waals surface area contributed by atoms with E-state index >= 15 is 0 Å². The minimum Gasteiger partial charge on any atom is -0.352 e. The lowest BCUT2D eigenvalue weighted by Gasteiger charge is -2.22. The fourth-order valence-electron chi connectivity index (χ4n) is 4.17. The van der Waals surface area contributed by atoms with Crippen LogP contribution >= 0.6 is 11.3 Å². The summed E-state index contributed by atoms with van der Waals surface area (Å²) in [6.07, 6.45) is 6.93. The lowest BCUT2D eigenvalue weighted by molar-refractivity contribution is -0.122. The van der Waals surface area contributed by atoms with Crippen molar-refractivity contribution in [2.45, 2.75) is 51.6 Å². The number of hydrogen-bond donors (Lipinski definition) is 1. The van der Waals surface area contributed by atoms with Crippen LogP contribution in [0.2, 0.25) is 0 Å². The molecule has 1 aliphatic rings. The van der Waals surface area contributed by atoms with Crippen molar-refractivity contribution in [2.75, 3.05) is 0 Å². The molecule has 3 heterocycles. The summed E-state index contributed by atoms with van der Waals surface area (Å²) in [7, 11) is 0. The Labute approximate surface area is 188 Å². The number of carbonyl (C=O) groups excluding carboxylic acids is 1. The second-order valence-corrected chi connectivity index (χ2v) is 9.10. The first kappa shape index (κ1) is 20.6. The summed E-state index contributed by atoms with van der Waals surface area (Å²) in [5.41, 5.74) is 1.34. The van der Waals surface area contributed by atoms with Crippen molar-refractivity contribution in [3.05, 3.63) is 52.6 Å². The van der Waals surface area contributed by atoms with Crippen molar-refractivity contribution in [1.29, 1.82) is 0 Å². The molecule has 1 aliphatic carbocycles. The van der Waals surface area contributed by atoms with E-state index in [0.717, 1.165) is 36.8 Å². The van der Waals surface area contributed by atoms with Gasteiger partial charge in [0.05, 0.1) is 16.6 Å². The molecule has 32 heavy (non-hydrogen) atoms. The molecular formula is C23H23N5O3S. The van der Waals surface area contributed by atoms with Crippen LogP contribution in [0.25, 0.3) is 32.4 Å². The molecule has 0 spiro atoms. The number of aromatic nitrogens is 4. The number of fused-ring (bicyclic) bond motifs is 1. The van der Waals surface area contributed by atoms with Crippen LogP contribution in [0.15, 0.2) is 46.0 Å². The minimum atomic E-state index is -0.239. The van der Waals surface area contributed by atoms with E-state index in [1.807, 2.05) is 37.3 Å². The Hall–Kier alpha value is -3.33. The molecule has 1 amide bonds. The van der Waals surface area contributed by atoms with Crippen LogP contribution in [-0.2, 0) is 11.3 Å². The quantitative estimate of drug-likeness (QED) is 0.495. The molecule has 3 aromatic heterocycles. The van der Waals surface area contributed by atoms with Gasteiger partial charge in [0.1, 0.15) is 11.4 Å². The van der Waals surface area contributed by atoms with Gasteiger partial charge in [-0.3, -0.25) is 14.2 Å². The van der Waals surface area contributed by atoms with Gasteiger partial charge in [0, 0.05) is 11.6 Å². The van der Waals surface area contributed by atoms with Crippen LogP contribution in [0.1, 0.15) is 37.7 Å². The number of nitrogens with zero attached hydrogens (tertiary/aromatic N) is 4. The monoisotopic (exact) mass is 449 g/mol. The van der Waals surface area contributed by atoms with E-state index in [0.29, 0.717) is 26.8 Å². The predicted octanol–water partition coefficient (Wildman–Crippen LogP) is 3.93. The molecule has 8 nitrogen and oxygen atoms in total. The predicted molar refractivity (Wildman–Crippen MR) is 122 cm³/mol. The molecule has 0 unspecified atom stereocenters. The second kappa shape index (κ2) is 8.66. The molecule has 0 bridgehead atoms. The van der Waals surface area contributed by atoms with Gasteiger partial charge in [-0.25, -0.2) is 4.98 Å². The van der Waals surface area contributed by atoms with Crippen LogP contribution in [0.5, 0.6) is 0 Å². The normalized spacial score (nSPS) is 14.7. The summed E-state index contributed by atoms with van der Waals surface area (Å²) in [5, 5.41) is 7.61. The molecule has 0 saturated heterocycles. The van der Waals surface area contributed by atoms with Crippen molar-refractivity contribution in [1.82, 2.24) is 25.0 Å². The summed E-state index contributed by atoms with van der Waals surface area (Å²) in [5.74, 6) is 0.685. The zero-order valence-electron chi connectivity index (χ0n) is 17.7. The molecule has 5 rings (SSSR count). The Balaban J connectivity index is 1.42. The zero-order valence-corrected chi connectivity index (χ0v) is 18.5. The van der Waals surface area contributed by atoms with E-state index in [-0.39, 0.29) is 24.1 Å². The third-order valence-corrected chi connectivity index (χ3v) is 7.04. The van der Waals surface area contributed by atoms with Crippen LogP contribution in [-0.4, -0.2) is 31.6 Å². The van der Waals surface area contributed by atoms with Crippen molar-refractivity contribution >= 4 is 27.5 Å². The van der Waals surface area contributed by atoms with Gasteiger partial charge in [-0.1, -0.05) is 54.8 Å². The fraction of sp³-hybridized carbons (Fsp3) is 0.348. The van der Waals surface area contributed by atoms with Gasteiger partial charge in [-0.05, 0) is 25.3 Å². The molecule has 1 saturated carbocycles. The van der Waals surface area contributed by atoms with E-state index in [1.54, 1.807) is 0 Å². The van der Waals surface area contributed by atoms with E-state index < -0.39 is 0 Å². The maximum atomic E-state index is 13.1. The summed E-state index contributed by atoms with van der Waals surface area (Å²) < 4.78 is 6.85. The summed E-state index contributed by atoms with van der Waals surface area (Å²) >= 11 is 1.33. The van der Waals surface area contributed by atoms with Gasteiger partial charge < -0.3 is 9.84 Å². The van der Waals surface area contributed by atoms with Crippen molar-refractivity contribution in [3.8, 4) is 22.2 Å². The SMILES string of the molecule is Cc1c(-c2nc(-c3ccccc3)no2)sc2ncn(CC(=O)NC3CCCCC3)c(=O)c12. The summed E-state index contributed by atoms with van der Waals surface area (Å²) in [6, 6.07) is 9.76. The lowest BCUT2D eigenvalue weighted by Crippen LogP contribution is -2.39. The first-order valence-corrected chi connectivity index (χ1v) is 11.6. The van der Waals surface area contributed by atoms with E-state index in [1.165, 1.54) is 28.7 Å². The van der Waals surface area contributed by atoms with Gasteiger partial charge in [-0.15, -0.1) is 11.3 Å². The van der Waals surface area contributed by atoms with Gasteiger partial charge >= 0.3 is 0 Å². The standard InChI is InChI=1S/C23H23N5O3S/c1-14-18-22(32-19(14)21-26-20(27-31-21)15-8-4-2-5-9-15)24-13-28(23(18)30)12-17(29)25-16-10-6-3-7-11-16/h2,4-5,8-9,13,16H,3,6-7,10-12H2,1H3,(H,25,29). The van der Waals surface area contributed by atoms with Crippen molar-refractivity contribution < 1.29 is 9.32 Å². The van der Waals surface area contributed by atoms with Crippen molar-refractivity contribution in [3.63, 3.8) is 0 Å². The third-order valence-electron chi connectivity index (χ3n) is 5.85. The Morgan fingerprint density at radius 1 is 1.22 bits per heavy atom. The highest BCUT2D eigenvalue weighted by Gasteiger charge is 2.22. The number of hydrogen-bond acceptors (Lipinski definition) is 7. The number of benzene rings is 1. The smallest absolute Gasteiger partial charge is 0.268 e. The lowest BCUT2D eigenvalue weighted by atomic mass is 9.95. The number of thiophene rings is 1. The van der Waals surface area contributed by atoms with Gasteiger partial charge in [0.2, 0.25) is 11.7 Å². The second-order valence-electron chi connectivity index (χ2n) is 8.11. The van der Waals surface area contributed by atoms with E-state index in [4.69, 9.17) is 4.52 Å². The Kier molecular flexibility index (Phi) is 5.57. The summed E-state index contributed by atoms with van der Waals surface area (Å²) in [6.45, 7) is 1.80. The fourth-order valence-corrected chi connectivity index (χ4v) is 5.23. The van der Waals surface area contributed by atoms with Crippen LogP contribution in [0.4, 0.5) is 0 Å². The minimum absolute atomic E-state index is 0.0401. The van der Waals surface area contributed by atoms with Crippen LogP contribution < -0.4 is 10.9 Å². The first-order valence-electron chi connectivity index (χ1n) is 10.8. The van der Waals surface area contributed by atoms with Crippen molar-refractivity contribution in [2.24, 2.45) is 0 Å². The highest BCUT2D eigenvalue weighted by atomic mass is 32.1. The highest BCUT2D eigenvalue weighted by Crippen LogP contribution is 2.35. The maximum absolute atomic E-state index is 13.1. The Morgan fingerprint density at radius 2 is 2.00 bits per heavy atom. The number of nitrogens with one attached hydrogen (secondary N) is 1. The molecule has 164 valence electrons. The molecule has 4 aromatic rings. The molecule has 0 radical (unpaired) electrons. The molecule has 0 atom stereocenters. The number of rotatable bonds is 5. The first-order chi connectivity index (χ1) is 15.6.